The van der Waals surface area contributed by atoms with E-state index >= 15 is 0 Å². The fourth-order valence-corrected chi connectivity index (χ4v) is 2.00. The quantitative estimate of drug-likeness (QED) is 0.286. The van der Waals surface area contributed by atoms with Gasteiger partial charge in [0.1, 0.15) is 30.5 Å². The number of methoxy groups -OCH3 is 1. The SMILES string of the molecule is CO[C@@H]1O[C@H]([C@H](O)COP(=O)(O)O)[C@@H](O)[C@H](O)[C@@H]1O. The molecular weight excluding hydrogens is 287 g/mol. The van der Waals surface area contributed by atoms with Gasteiger partial charge >= 0.3 is 7.82 Å². The monoisotopic (exact) mass is 304 g/mol. The number of phosphoric ester groups is 1. The van der Waals surface area contributed by atoms with Crippen LogP contribution in [0, 0.1) is 0 Å². The van der Waals surface area contributed by atoms with Crippen LogP contribution in [0.25, 0.3) is 0 Å². The third-order valence-corrected chi connectivity index (χ3v) is 3.12. The Morgan fingerprint density at radius 3 is 2.26 bits per heavy atom. The van der Waals surface area contributed by atoms with Gasteiger partial charge in [0, 0.05) is 7.11 Å². The maximum atomic E-state index is 10.5. The van der Waals surface area contributed by atoms with E-state index in [0.29, 0.717) is 0 Å². The summed E-state index contributed by atoms with van der Waals surface area (Å²) in [6, 6.07) is 0. The van der Waals surface area contributed by atoms with Crippen LogP contribution in [0.15, 0.2) is 0 Å². The maximum absolute atomic E-state index is 10.5. The average Bonchev–Trinajstić information content (AvgIpc) is 2.33. The van der Waals surface area contributed by atoms with Gasteiger partial charge in [-0.3, -0.25) is 4.52 Å². The lowest BCUT2D eigenvalue weighted by Crippen LogP contribution is -2.61. The van der Waals surface area contributed by atoms with Gasteiger partial charge in [0.25, 0.3) is 0 Å². The molecule has 0 bridgehead atoms. The summed E-state index contributed by atoms with van der Waals surface area (Å²) in [7, 11) is -3.61. The maximum Gasteiger partial charge on any atom is 0.469 e. The van der Waals surface area contributed by atoms with Crippen LogP contribution < -0.4 is 0 Å². The van der Waals surface area contributed by atoms with Crippen LogP contribution in [0.4, 0.5) is 0 Å². The van der Waals surface area contributed by atoms with Gasteiger partial charge < -0.3 is 39.7 Å². The molecular formula is C8H17O10P. The van der Waals surface area contributed by atoms with Gasteiger partial charge in [-0.2, -0.15) is 0 Å². The Bertz CT molecular complexity index is 329. The van der Waals surface area contributed by atoms with Gasteiger partial charge in [-0.1, -0.05) is 0 Å². The van der Waals surface area contributed by atoms with Crippen LogP contribution in [0.2, 0.25) is 0 Å². The fraction of sp³-hybridized carbons (Fsp3) is 1.00. The summed E-state index contributed by atoms with van der Waals surface area (Å²) in [4.78, 5) is 17.0. The third kappa shape index (κ3) is 4.43. The van der Waals surface area contributed by atoms with Crippen molar-refractivity contribution >= 4 is 7.82 Å². The highest BCUT2D eigenvalue weighted by Crippen LogP contribution is 2.36. The third-order valence-electron chi connectivity index (χ3n) is 2.63. The molecule has 114 valence electrons. The van der Waals surface area contributed by atoms with E-state index in [1.807, 2.05) is 0 Å². The van der Waals surface area contributed by atoms with E-state index in [9.17, 15) is 25.0 Å². The number of phosphoric acid groups is 1. The molecule has 19 heavy (non-hydrogen) atoms. The van der Waals surface area contributed by atoms with Crippen molar-refractivity contribution in [1.29, 1.82) is 0 Å². The molecule has 0 radical (unpaired) electrons. The molecule has 1 rings (SSSR count). The Morgan fingerprint density at radius 1 is 1.21 bits per heavy atom. The second-order valence-electron chi connectivity index (χ2n) is 4.03. The molecule has 0 aromatic rings. The van der Waals surface area contributed by atoms with Gasteiger partial charge in [-0.05, 0) is 0 Å². The van der Waals surface area contributed by atoms with Crippen LogP contribution in [-0.2, 0) is 18.6 Å². The molecule has 1 aliphatic heterocycles. The Labute approximate surface area is 108 Å². The number of aliphatic hydroxyl groups excluding tert-OH is 4. The van der Waals surface area contributed by atoms with E-state index in [1.54, 1.807) is 0 Å². The molecule has 1 fully saturated rings. The van der Waals surface area contributed by atoms with E-state index in [0.717, 1.165) is 0 Å². The summed E-state index contributed by atoms with van der Waals surface area (Å²) in [6.07, 6.45) is -9.21. The first kappa shape index (κ1) is 16.9. The van der Waals surface area contributed by atoms with Crippen LogP contribution in [-0.4, -0.2) is 80.7 Å². The molecule has 1 aliphatic rings. The highest BCUT2D eigenvalue weighted by atomic mass is 31.2. The Kier molecular flexibility index (Phi) is 5.83. The first-order valence-corrected chi connectivity index (χ1v) is 6.81. The molecule has 0 aliphatic carbocycles. The standard InChI is InChI=1S/C8H17O10P/c1-16-8-6(12)4(10)5(11)7(18-8)3(9)2-17-19(13,14)15/h3-12H,2H2,1H3,(H2,13,14,15)/t3-,4+,5+,6+,7-,8-/m1/s1. The molecule has 0 saturated carbocycles. The molecule has 10 nitrogen and oxygen atoms in total. The van der Waals surface area contributed by atoms with Crippen molar-refractivity contribution in [3.05, 3.63) is 0 Å². The number of ether oxygens (including phenoxy) is 2. The lowest BCUT2D eigenvalue weighted by atomic mass is 9.95. The van der Waals surface area contributed by atoms with Gasteiger partial charge in [0.05, 0.1) is 6.61 Å². The zero-order valence-corrected chi connectivity index (χ0v) is 10.8. The van der Waals surface area contributed by atoms with Crippen LogP contribution >= 0.6 is 7.82 Å². The molecule has 1 heterocycles. The summed E-state index contributed by atoms with van der Waals surface area (Å²) in [5.41, 5.74) is 0. The van der Waals surface area contributed by atoms with E-state index in [1.165, 1.54) is 7.11 Å². The molecule has 11 heteroatoms. The topological polar surface area (TPSA) is 166 Å². The lowest BCUT2D eigenvalue weighted by Gasteiger charge is -2.41. The van der Waals surface area contributed by atoms with E-state index < -0.39 is 51.2 Å². The minimum atomic E-state index is -4.78. The first-order valence-electron chi connectivity index (χ1n) is 5.28. The molecule has 1 saturated heterocycles. The zero-order chi connectivity index (χ0) is 14.8. The molecule has 0 aromatic heterocycles. The summed E-state index contributed by atoms with van der Waals surface area (Å²) in [5, 5.41) is 38.2. The summed E-state index contributed by atoms with van der Waals surface area (Å²) in [5.74, 6) is 0. The van der Waals surface area contributed by atoms with Gasteiger partial charge in [-0.15, -0.1) is 0 Å². The molecule has 6 N–H and O–H groups in total. The number of hydrogen-bond acceptors (Lipinski definition) is 8. The fourth-order valence-electron chi connectivity index (χ4n) is 1.65. The summed E-state index contributed by atoms with van der Waals surface area (Å²) < 4.78 is 24.2. The van der Waals surface area contributed by atoms with Gasteiger partial charge in [0.2, 0.25) is 0 Å². The molecule has 0 aromatic carbocycles. The van der Waals surface area contributed by atoms with Crippen molar-refractivity contribution in [2.45, 2.75) is 36.8 Å². The minimum Gasteiger partial charge on any atom is -0.388 e. The van der Waals surface area contributed by atoms with E-state index in [4.69, 9.17) is 19.3 Å². The van der Waals surface area contributed by atoms with Crippen molar-refractivity contribution in [2.75, 3.05) is 13.7 Å². The second kappa shape index (κ2) is 6.55. The predicted octanol–water partition coefficient (Wildman–Crippen LogP) is -3.09. The summed E-state index contributed by atoms with van der Waals surface area (Å²) in [6.45, 7) is -0.828. The van der Waals surface area contributed by atoms with E-state index in [-0.39, 0.29) is 0 Å². The highest BCUT2D eigenvalue weighted by molar-refractivity contribution is 7.46. The number of hydrogen-bond donors (Lipinski definition) is 6. The average molecular weight is 304 g/mol. The first-order chi connectivity index (χ1) is 8.67. The Hall–Kier alpha value is -0.130. The molecule has 6 atom stereocenters. The van der Waals surface area contributed by atoms with Gasteiger partial charge in [0.15, 0.2) is 6.29 Å². The largest absolute Gasteiger partial charge is 0.469 e. The smallest absolute Gasteiger partial charge is 0.388 e. The van der Waals surface area contributed by atoms with Crippen LogP contribution in [0.3, 0.4) is 0 Å². The second-order valence-corrected chi connectivity index (χ2v) is 5.27. The zero-order valence-electron chi connectivity index (χ0n) is 9.93. The highest BCUT2D eigenvalue weighted by Gasteiger charge is 2.46. The van der Waals surface area contributed by atoms with Crippen molar-refractivity contribution in [3.63, 3.8) is 0 Å². The predicted molar refractivity (Wildman–Crippen MR) is 57.7 cm³/mol. The molecule has 0 amide bonds. The number of rotatable bonds is 5. The van der Waals surface area contributed by atoms with Crippen molar-refractivity contribution < 1.29 is 48.8 Å². The van der Waals surface area contributed by atoms with E-state index in [2.05, 4.69) is 4.52 Å². The Balaban J connectivity index is 2.67. The normalized spacial score (nSPS) is 38.2. The minimum absolute atomic E-state index is 0.828. The number of aliphatic hydroxyl groups is 4. The van der Waals surface area contributed by atoms with Crippen molar-refractivity contribution in [3.8, 4) is 0 Å². The lowest BCUT2D eigenvalue weighted by molar-refractivity contribution is -0.305. The van der Waals surface area contributed by atoms with Crippen molar-refractivity contribution in [1.82, 2.24) is 0 Å². The Morgan fingerprint density at radius 2 is 1.79 bits per heavy atom. The van der Waals surface area contributed by atoms with Crippen molar-refractivity contribution in [2.24, 2.45) is 0 Å². The molecule has 0 unspecified atom stereocenters. The molecule has 0 spiro atoms. The van der Waals surface area contributed by atoms with Gasteiger partial charge in [-0.25, -0.2) is 4.57 Å². The van der Waals surface area contributed by atoms with Crippen LogP contribution in [0.5, 0.6) is 0 Å². The van der Waals surface area contributed by atoms with Crippen LogP contribution in [0.1, 0.15) is 0 Å². The summed E-state index contributed by atoms with van der Waals surface area (Å²) >= 11 is 0.